The number of hydrogen-bond acceptors (Lipinski definition) is 3. The first-order valence-corrected chi connectivity index (χ1v) is 9.39. The summed E-state index contributed by atoms with van der Waals surface area (Å²) >= 11 is 0. The van der Waals surface area contributed by atoms with Crippen molar-refractivity contribution in [3.8, 4) is 0 Å². The van der Waals surface area contributed by atoms with Crippen molar-refractivity contribution in [3.05, 3.63) is 30.1 Å². The van der Waals surface area contributed by atoms with Crippen LogP contribution in [0.2, 0.25) is 0 Å². The van der Waals surface area contributed by atoms with E-state index in [1.807, 2.05) is 34.6 Å². The lowest BCUT2D eigenvalue weighted by Gasteiger charge is -2.37. The maximum Gasteiger partial charge on any atom is 0.278 e. The molecule has 0 spiro atoms. The number of anilines is 1. The van der Waals surface area contributed by atoms with E-state index in [0.29, 0.717) is 12.2 Å². The van der Waals surface area contributed by atoms with Crippen molar-refractivity contribution in [2.75, 3.05) is 31.5 Å². The molecular weight excluding hydrogens is 349 g/mol. The molecule has 1 aromatic carbocycles. The van der Waals surface area contributed by atoms with E-state index < -0.39 is 5.54 Å². The van der Waals surface area contributed by atoms with Gasteiger partial charge in [-0.25, -0.2) is 4.39 Å². The van der Waals surface area contributed by atoms with Crippen LogP contribution in [0, 0.1) is 5.82 Å². The van der Waals surface area contributed by atoms with Crippen molar-refractivity contribution in [2.45, 2.75) is 52.4 Å². The molecule has 6 nitrogen and oxygen atoms in total. The zero-order chi connectivity index (χ0) is 20.2. The first-order chi connectivity index (χ1) is 12.5. The minimum absolute atomic E-state index is 0.0470. The largest absolute Gasteiger partial charge is 0.364 e. The summed E-state index contributed by atoms with van der Waals surface area (Å²) in [7, 11) is 0. The number of nitrogens with one attached hydrogen (secondary N) is 2. The molecule has 7 heteroatoms. The molecule has 1 fully saturated rings. The number of halogens is 1. The molecule has 0 radical (unpaired) electrons. The number of amides is 2. The highest BCUT2D eigenvalue weighted by atomic mass is 19.1. The van der Waals surface area contributed by atoms with Gasteiger partial charge in [0.15, 0.2) is 6.54 Å². The Morgan fingerprint density at radius 1 is 1.19 bits per heavy atom. The fourth-order valence-electron chi connectivity index (χ4n) is 3.42. The zero-order valence-corrected chi connectivity index (χ0v) is 16.8. The molecule has 150 valence electrons. The quantitative estimate of drug-likeness (QED) is 0.804. The van der Waals surface area contributed by atoms with Crippen molar-refractivity contribution < 1.29 is 23.6 Å². The van der Waals surface area contributed by atoms with Crippen LogP contribution in [0.5, 0.6) is 0 Å². The number of ether oxygens (including phenoxy) is 1. The molecule has 1 heterocycles. The third-order valence-corrected chi connectivity index (χ3v) is 4.56. The molecule has 1 aliphatic rings. The zero-order valence-electron chi connectivity index (χ0n) is 16.8. The number of benzene rings is 1. The summed E-state index contributed by atoms with van der Waals surface area (Å²) in [5.41, 5.74) is 0.0179. The van der Waals surface area contributed by atoms with Crippen LogP contribution in [0.25, 0.3) is 0 Å². The second-order valence-electron chi connectivity index (χ2n) is 8.30. The average Bonchev–Trinajstić information content (AvgIpc) is 2.52. The summed E-state index contributed by atoms with van der Waals surface area (Å²) in [6, 6.07) is 5.56. The fraction of sp³-hybridized carbons (Fsp3) is 0.600. The summed E-state index contributed by atoms with van der Waals surface area (Å²) in [5, 5.41) is 2.72. The molecule has 1 saturated heterocycles. The Hall–Kier alpha value is -1.99. The van der Waals surface area contributed by atoms with Crippen LogP contribution < -0.4 is 10.2 Å². The highest BCUT2D eigenvalue weighted by Crippen LogP contribution is 2.14. The Bertz CT molecular complexity index is 647. The van der Waals surface area contributed by atoms with E-state index in [-0.39, 0.29) is 36.4 Å². The van der Waals surface area contributed by atoms with E-state index in [9.17, 15) is 14.0 Å². The summed E-state index contributed by atoms with van der Waals surface area (Å²) in [6.07, 6.45) is 0.225. The first-order valence-electron chi connectivity index (χ1n) is 9.39. The van der Waals surface area contributed by atoms with Gasteiger partial charge in [-0.2, -0.15) is 0 Å². The molecule has 1 aromatic rings. The van der Waals surface area contributed by atoms with Gasteiger partial charge in [-0.1, -0.05) is 0 Å². The maximum atomic E-state index is 13.0. The molecule has 0 saturated carbocycles. The van der Waals surface area contributed by atoms with Gasteiger partial charge in [-0.3, -0.25) is 9.59 Å². The van der Waals surface area contributed by atoms with Gasteiger partial charge in [0.25, 0.3) is 5.91 Å². The van der Waals surface area contributed by atoms with E-state index in [2.05, 4.69) is 5.32 Å². The van der Waals surface area contributed by atoms with Gasteiger partial charge >= 0.3 is 0 Å². The number of morpholine rings is 1. The highest BCUT2D eigenvalue weighted by molar-refractivity contribution is 5.94. The number of carbonyl (C=O) groups excluding carboxylic acids is 2. The molecule has 2 rings (SSSR count). The van der Waals surface area contributed by atoms with Crippen molar-refractivity contribution >= 4 is 17.5 Å². The van der Waals surface area contributed by atoms with E-state index in [0.717, 1.165) is 13.1 Å². The minimum atomic E-state index is -0.486. The SMILES string of the molecule is C[C@@H]1C[NH+](CC(=O)N(CC(=O)Nc2ccc(F)cc2)C(C)(C)C)C[C@H](C)O1. The Labute approximate surface area is 160 Å². The van der Waals surface area contributed by atoms with Crippen LogP contribution in [0.3, 0.4) is 0 Å². The molecule has 3 atom stereocenters. The van der Waals surface area contributed by atoms with Crippen LogP contribution in [-0.2, 0) is 14.3 Å². The molecule has 0 aromatic heterocycles. The lowest BCUT2D eigenvalue weighted by atomic mass is 10.1. The lowest BCUT2D eigenvalue weighted by Crippen LogP contribution is -3.16. The van der Waals surface area contributed by atoms with Gasteiger partial charge in [0.2, 0.25) is 5.91 Å². The van der Waals surface area contributed by atoms with Crippen molar-refractivity contribution in [3.63, 3.8) is 0 Å². The molecular formula is C20H31FN3O3+. The van der Waals surface area contributed by atoms with Crippen LogP contribution in [0.1, 0.15) is 34.6 Å². The van der Waals surface area contributed by atoms with Gasteiger partial charge in [0.05, 0.1) is 0 Å². The van der Waals surface area contributed by atoms with Crippen LogP contribution in [-0.4, -0.2) is 60.6 Å². The summed E-state index contributed by atoms with van der Waals surface area (Å²) < 4.78 is 18.7. The Morgan fingerprint density at radius 3 is 2.26 bits per heavy atom. The van der Waals surface area contributed by atoms with Crippen LogP contribution in [0.4, 0.5) is 10.1 Å². The third kappa shape index (κ3) is 6.59. The van der Waals surface area contributed by atoms with Crippen molar-refractivity contribution in [1.82, 2.24) is 4.90 Å². The number of nitrogens with zero attached hydrogens (tertiary/aromatic N) is 1. The number of quaternary nitrogens is 1. The van der Waals surface area contributed by atoms with Crippen molar-refractivity contribution in [1.29, 1.82) is 0 Å². The van der Waals surface area contributed by atoms with Gasteiger partial charge in [0, 0.05) is 11.2 Å². The second kappa shape index (κ2) is 8.80. The van der Waals surface area contributed by atoms with Crippen molar-refractivity contribution in [2.24, 2.45) is 0 Å². The molecule has 2 N–H and O–H groups in total. The first kappa shape index (κ1) is 21.3. The topological polar surface area (TPSA) is 63.1 Å². The third-order valence-electron chi connectivity index (χ3n) is 4.56. The van der Waals surface area contributed by atoms with E-state index >= 15 is 0 Å². The van der Waals surface area contributed by atoms with Crippen LogP contribution >= 0.6 is 0 Å². The molecule has 1 unspecified atom stereocenters. The predicted octanol–water partition coefficient (Wildman–Crippen LogP) is 1.08. The Kier molecular flexibility index (Phi) is 6.95. The Morgan fingerprint density at radius 2 is 1.74 bits per heavy atom. The van der Waals surface area contributed by atoms with Gasteiger partial charge in [-0.15, -0.1) is 0 Å². The minimum Gasteiger partial charge on any atom is -0.364 e. The number of rotatable bonds is 5. The summed E-state index contributed by atoms with van der Waals surface area (Å²) in [5.74, 6) is -0.729. The van der Waals surface area contributed by atoms with Gasteiger partial charge < -0.3 is 19.9 Å². The molecule has 0 bridgehead atoms. The standard InChI is InChI=1S/C20H30FN3O3/c1-14-10-23(11-15(2)27-14)13-19(26)24(20(3,4)5)12-18(25)22-17-8-6-16(21)7-9-17/h6-9,14-15H,10-13H2,1-5H3,(H,22,25)/p+1/t14-,15+. The van der Waals surface area contributed by atoms with Crippen LogP contribution in [0.15, 0.2) is 24.3 Å². The smallest absolute Gasteiger partial charge is 0.278 e. The second-order valence-corrected chi connectivity index (χ2v) is 8.30. The summed E-state index contributed by atoms with van der Waals surface area (Å²) in [4.78, 5) is 28.1. The van der Waals surface area contributed by atoms with E-state index in [1.165, 1.54) is 29.2 Å². The number of carbonyl (C=O) groups is 2. The van der Waals surface area contributed by atoms with E-state index in [1.54, 1.807) is 4.90 Å². The fourth-order valence-corrected chi connectivity index (χ4v) is 3.42. The van der Waals surface area contributed by atoms with Gasteiger partial charge in [-0.05, 0) is 58.9 Å². The van der Waals surface area contributed by atoms with E-state index in [4.69, 9.17) is 4.74 Å². The molecule has 27 heavy (non-hydrogen) atoms. The lowest BCUT2D eigenvalue weighted by molar-refractivity contribution is -0.907. The van der Waals surface area contributed by atoms with Gasteiger partial charge in [0.1, 0.15) is 37.7 Å². The monoisotopic (exact) mass is 380 g/mol. The predicted molar refractivity (Wildman–Crippen MR) is 102 cm³/mol. The normalized spacial score (nSPS) is 23.0. The molecule has 2 amide bonds. The highest BCUT2D eigenvalue weighted by Gasteiger charge is 2.33. The average molecular weight is 380 g/mol. The molecule has 0 aliphatic carbocycles. The molecule has 1 aliphatic heterocycles. The Balaban J connectivity index is 2.00. The maximum absolute atomic E-state index is 13.0. The summed E-state index contributed by atoms with van der Waals surface area (Å²) in [6.45, 7) is 11.6. The number of hydrogen-bond donors (Lipinski definition) is 2.